The Labute approximate surface area is 121 Å². The van der Waals surface area contributed by atoms with Crippen LogP contribution in [0.25, 0.3) is 11.3 Å². The molecule has 1 aromatic carbocycles. The molecule has 2 aromatic rings. The number of nitrogens with zero attached hydrogens (tertiary/aromatic N) is 2. The van der Waals surface area contributed by atoms with Gasteiger partial charge in [0.25, 0.3) is 0 Å². The molecule has 2 rings (SSSR count). The van der Waals surface area contributed by atoms with Gasteiger partial charge in [-0.25, -0.2) is 9.97 Å². The van der Waals surface area contributed by atoms with Crippen LogP contribution in [0.15, 0.2) is 30.3 Å². The van der Waals surface area contributed by atoms with Crippen molar-refractivity contribution in [3.63, 3.8) is 0 Å². The summed E-state index contributed by atoms with van der Waals surface area (Å²) in [6.07, 6.45) is -3.53. The molecule has 0 unspecified atom stereocenters. The SMILES string of the molecule is CCCNc1nc(C)cc(-c2ccccc2C(F)(F)F)n1. The van der Waals surface area contributed by atoms with Gasteiger partial charge >= 0.3 is 6.18 Å². The van der Waals surface area contributed by atoms with Gasteiger partial charge in [-0.05, 0) is 25.5 Å². The average Bonchev–Trinajstić information content (AvgIpc) is 2.43. The van der Waals surface area contributed by atoms with Crippen LogP contribution in [-0.2, 0) is 6.18 Å². The van der Waals surface area contributed by atoms with E-state index in [2.05, 4.69) is 15.3 Å². The fraction of sp³-hybridized carbons (Fsp3) is 0.333. The van der Waals surface area contributed by atoms with E-state index in [1.165, 1.54) is 12.1 Å². The van der Waals surface area contributed by atoms with Crippen molar-refractivity contribution in [3.05, 3.63) is 41.6 Å². The molecule has 0 amide bonds. The van der Waals surface area contributed by atoms with Crippen LogP contribution < -0.4 is 5.32 Å². The van der Waals surface area contributed by atoms with Gasteiger partial charge in [0, 0.05) is 17.8 Å². The normalized spacial score (nSPS) is 11.5. The van der Waals surface area contributed by atoms with E-state index < -0.39 is 11.7 Å². The van der Waals surface area contributed by atoms with E-state index in [0.717, 1.165) is 12.5 Å². The molecule has 0 saturated carbocycles. The Balaban J connectivity index is 2.49. The first-order valence-corrected chi connectivity index (χ1v) is 6.68. The molecule has 0 aliphatic carbocycles. The number of aromatic nitrogens is 2. The summed E-state index contributed by atoms with van der Waals surface area (Å²) in [6.45, 7) is 4.39. The van der Waals surface area contributed by atoms with Crippen molar-refractivity contribution < 1.29 is 13.2 Å². The standard InChI is InChI=1S/C15H16F3N3/c1-3-8-19-14-20-10(2)9-13(21-14)11-6-4-5-7-12(11)15(16,17)18/h4-7,9H,3,8H2,1-2H3,(H,19,20,21). The average molecular weight is 295 g/mol. The Bertz CT molecular complexity index is 624. The predicted octanol–water partition coefficient (Wildman–Crippen LogP) is 4.29. The van der Waals surface area contributed by atoms with Crippen LogP contribution >= 0.6 is 0 Å². The van der Waals surface area contributed by atoms with E-state index in [1.54, 1.807) is 19.1 Å². The maximum atomic E-state index is 13.1. The highest BCUT2D eigenvalue weighted by Crippen LogP contribution is 2.36. The summed E-state index contributed by atoms with van der Waals surface area (Å²) in [7, 11) is 0. The quantitative estimate of drug-likeness (QED) is 0.914. The molecule has 1 aromatic heterocycles. The lowest BCUT2D eigenvalue weighted by Gasteiger charge is -2.13. The number of nitrogens with one attached hydrogen (secondary N) is 1. The zero-order valence-corrected chi connectivity index (χ0v) is 11.8. The number of benzene rings is 1. The molecule has 1 heterocycles. The minimum absolute atomic E-state index is 0.0649. The molecule has 6 heteroatoms. The van der Waals surface area contributed by atoms with Gasteiger partial charge in [0.15, 0.2) is 0 Å². The summed E-state index contributed by atoms with van der Waals surface area (Å²) >= 11 is 0. The number of rotatable bonds is 4. The number of halogens is 3. The zero-order chi connectivity index (χ0) is 15.5. The van der Waals surface area contributed by atoms with Crippen LogP contribution in [0.5, 0.6) is 0 Å². The maximum absolute atomic E-state index is 13.1. The summed E-state index contributed by atoms with van der Waals surface area (Å²) in [5.74, 6) is 0.351. The third-order valence-electron chi connectivity index (χ3n) is 2.90. The Kier molecular flexibility index (Phi) is 4.45. The second-order valence-electron chi connectivity index (χ2n) is 4.69. The predicted molar refractivity (Wildman–Crippen MR) is 76.0 cm³/mol. The Morgan fingerprint density at radius 2 is 1.86 bits per heavy atom. The van der Waals surface area contributed by atoms with E-state index in [1.807, 2.05) is 6.92 Å². The fourth-order valence-corrected chi connectivity index (χ4v) is 1.98. The molecule has 112 valence electrons. The third kappa shape index (κ3) is 3.71. The Morgan fingerprint density at radius 3 is 2.52 bits per heavy atom. The Hall–Kier alpha value is -2.11. The van der Waals surface area contributed by atoms with E-state index in [9.17, 15) is 13.2 Å². The highest BCUT2D eigenvalue weighted by molar-refractivity contribution is 5.65. The molecule has 0 fully saturated rings. The van der Waals surface area contributed by atoms with Crippen LogP contribution in [0.3, 0.4) is 0 Å². The van der Waals surface area contributed by atoms with Crippen LogP contribution in [0.4, 0.5) is 19.1 Å². The summed E-state index contributed by atoms with van der Waals surface area (Å²) in [5.41, 5.74) is 0.268. The van der Waals surface area contributed by atoms with Gasteiger partial charge in [0.05, 0.1) is 11.3 Å². The first kappa shape index (κ1) is 15.3. The minimum Gasteiger partial charge on any atom is -0.354 e. The molecule has 3 nitrogen and oxygen atoms in total. The summed E-state index contributed by atoms with van der Waals surface area (Å²) in [4.78, 5) is 8.38. The topological polar surface area (TPSA) is 37.8 Å². The van der Waals surface area contributed by atoms with Crippen molar-refractivity contribution in [1.29, 1.82) is 0 Å². The van der Waals surface area contributed by atoms with Crippen molar-refractivity contribution in [2.24, 2.45) is 0 Å². The minimum atomic E-state index is -4.41. The smallest absolute Gasteiger partial charge is 0.354 e. The summed E-state index contributed by atoms with van der Waals surface area (Å²) in [6, 6.07) is 6.99. The number of alkyl halides is 3. The number of anilines is 1. The molecular formula is C15H16F3N3. The van der Waals surface area contributed by atoms with Crippen LogP contribution in [0.2, 0.25) is 0 Å². The molecule has 0 radical (unpaired) electrons. The van der Waals surface area contributed by atoms with Crippen molar-refractivity contribution in [1.82, 2.24) is 9.97 Å². The molecule has 1 N–H and O–H groups in total. The first-order valence-electron chi connectivity index (χ1n) is 6.68. The third-order valence-corrected chi connectivity index (χ3v) is 2.90. The fourth-order valence-electron chi connectivity index (χ4n) is 1.98. The zero-order valence-electron chi connectivity index (χ0n) is 11.8. The summed E-state index contributed by atoms with van der Waals surface area (Å²) in [5, 5.41) is 3.00. The highest BCUT2D eigenvalue weighted by Gasteiger charge is 2.33. The van der Waals surface area contributed by atoms with Gasteiger partial charge in [0.2, 0.25) is 5.95 Å². The molecule has 0 aliphatic heterocycles. The van der Waals surface area contributed by atoms with E-state index >= 15 is 0 Å². The highest BCUT2D eigenvalue weighted by atomic mass is 19.4. The molecule has 0 aliphatic rings. The molecular weight excluding hydrogens is 279 g/mol. The second-order valence-corrected chi connectivity index (χ2v) is 4.69. The van der Waals surface area contributed by atoms with Crippen molar-refractivity contribution in [2.75, 3.05) is 11.9 Å². The monoisotopic (exact) mass is 295 g/mol. The number of hydrogen-bond acceptors (Lipinski definition) is 3. The molecule has 0 spiro atoms. The van der Waals surface area contributed by atoms with E-state index in [-0.39, 0.29) is 11.3 Å². The van der Waals surface area contributed by atoms with Gasteiger partial charge < -0.3 is 5.32 Å². The van der Waals surface area contributed by atoms with Gasteiger partial charge in [-0.3, -0.25) is 0 Å². The number of hydrogen-bond donors (Lipinski definition) is 1. The molecule has 0 atom stereocenters. The lowest BCUT2D eigenvalue weighted by molar-refractivity contribution is -0.137. The van der Waals surface area contributed by atoms with Gasteiger partial charge in [0.1, 0.15) is 0 Å². The molecule has 0 saturated heterocycles. The Morgan fingerprint density at radius 1 is 1.14 bits per heavy atom. The van der Waals surface area contributed by atoms with E-state index in [4.69, 9.17) is 0 Å². The van der Waals surface area contributed by atoms with Gasteiger partial charge in [-0.15, -0.1) is 0 Å². The summed E-state index contributed by atoms with van der Waals surface area (Å²) < 4.78 is 39.2. The molecule has 21 heavy (non-hydrogen) atoms. The van der Waals surface area contributed by atoms with Gasteiger partial charge in [-0.2, -0.15) is 13.2 Å². The van der Waals surface area contributed by atoms with Crippen molar-refractivity contribution in [2.45, 2.75) is 26.4 Å². The first-order chi connectivity index (χ1) is 9.91. The molecule has 0 bridgehead atoms. The second kappa shape index (κ2) is 6.11. The van der Waals surface area contributed by atoms with E-state index in [0.29, 0.717) is 18.2 Å². The lowest BCUT2D eigenvalue weighted by Crippen LogP contribution is -2.09. The lowest BCUT2D eigenvalue weighted by atomic mass is 10.0. The van der Waals surface area contributed by atoms with Crippen LogP contribution in [0.1, 0.15) is 24.6 Å². The largest absolute Gasteiger partial charge is 0.417 e. The number of aryl methyl sites for hydroxylation is 1. The van der Waals surface area contributed by atoms with Crippen LogP contribution in [-0.4, -0.2) is 16.5 Å². The van der Waals surface area contributed by atoms with Gasteiger partial charge in [-0.1, -0.05) is 25.1 Å². The van der Waals surface area contributed by atoms with Crippen molar-refractivity contribution in [3.8, 4) is 11.3 Å². The maximum Gasteiger partial charge on any atom is 0.417 e. The van der Waals surface area contributed by atoms with Crippen molar-refractivity contribution >= 4 is 5.95 Å². The van der Waals surface area contributed by atoms with Crippen LogP contribution in [0, 0.1) is 6.92 Å².